The average molecular weight is 822 g/mol. The minimum atomic E-state index is -4.88. The smallest absolute Gasteiger partial charge is 0.425 e. The first-order valence-corrected chi connectivity index (χ1v) is 19.8. The molecule has 0 bridgehead atoms. The molecule has 2 saturated heterocycles. The number of carbonyl (C=O) groups is 2. The van der Waals surface area contributed by atoms with Crippen molar-refractivity contribution in [1.82, 2.24) is 25.0 Å². The van der Waals surface area contributed by atoms with Crippen LogP contribution in [0.1, 0.15) is 95.2 Å². The number of thiophene rings is 1. The van der Waals surface area contributed by atoms with E-state index in [0.29, 0.717) is 48.2 Å². The van der Waals surface area contributed by atoms with E-state index in [1.807, 2.05) is 13.8 Å². The molecule has 6 rings (SSSR count). The number of aryl methyl sites for hydroxylation is 2. The number of amides is 2. The molecule has 0 spiro atoms. The highest BCUT2D eigenvalue weighted by Gasteiger charge is 2.56. The first kappa shape index (κ1) is 42.0. The van der Waals surface area contributed by atoms with Crippen molar-refractivity contribution in [2.24, 2.45) is 0 Å². The van der Waals surface area contributed by atoms with Gasteiger partial charge in [0.2, 0.25) is 5.60 Å². The summed E-state index contributed by atoms with van der Waals surface area (Å²) in [6.45, 7) is 6.04. The normalized spacial score (nSPS) is 20.1. The SMILES string of the molecule is CCCC1N(C(=O)c2cnccc2C(F)(F)F)CCCC1(Oc1csc(C(F)(F)F)c1)C(=O)N1CCC(O)(c2ccccc2OCCCc2c(C)n[nH]c2C)CC1. The van der Waals surface area contributed by atoms with Gasteiger partial charge < -0.3 is 24.4 Å². The van der Waals surface area contributed by atoms with Crippen molar-refractivity contribution in [1.29, 1.82) is 0 Å². The fourth-order valence-electron chi connectivity index (χ4n) is 8.07. The number of ether oxygens (including phenoxy) is 2. The maximum absolute atomic E-state index is 15.0. The zero-order chi connectivity index (χ0) is 41.2. The number of halogens is 6. The number of hydrogen-bond acceptors (Lipinski definition) is 8. The number of piperidine rings is 2. The molecule has 2 amide bonds. The zero-order valence-corrected chi connectivity index (χ0v) is 32.6. The number of carbonyl (C=O) groups excluding carboxylic acids is 2. The summed E-state index contributed by atoms with van der Waals surface area (Å²) in [6.07, 6.45) is -5.68. The third-order valence-electron chi connectivity index (χ3n) is 10.9. The van der Waals surface area contributed by atoms with Crippen molar-refractivity contribution in [2.75, 3.05) is 26.2 Å². The summed E-state index contributed by atoms with van der Waals surface area (Å²) >= 11 is 0.382. The number of aliphatic hydroxyl groups is 1. The zero-order valence-electron chi connectivity index (χ0n) is 31.8. The number of nitrogens with one attached hydrogen (secondary N) is 1. The second-order valence-electron chi connectivity index (χ2n) is 14.6. The molecule has 0 saturated carbocycles. The Morgan fingerprint density at radius 1 is 1.04 bits per heavy atom. The first-order chi connectivity index (χ1) is 27.0. The molecule has 0 radical (unpaired) electrons. The van der Waals surface area contributed by atoms with Crippen LogP contribution in [0.5, 0.6) is 11.5 Å². The van der Waals surface area contributed by atoms with E-state index in [4.69, 9.17) is 9.47 Å². The fraction of sp³-hybridized carbons (Fsp3) is 0.500. The Morgan fingerprint density at radius 2 is 1.77 bits per heavy atom. The molecule has 4 aromatic rings. The van der Waals surface area contributed by atoms with Crippen molar-refractivity contribution < 1.29 is 50.5 Å². The standard InChI is InChI=1S/C40H45F6N5O5S/c1-4-9-33-38(56-27-22-34(57-24-27)40(44,45)46,14-8-18-51(33)35(52)29-23-47-17-13-30(29)39(41,42)43)36(53)50-19-15-37(54,16-20-50)31-11-5-6-12-32(31)55-21-7-10-28-25(2)48-49-26(28)3/h5-6,11-13,17,22-24,33,54H,4,7-10,14-16,18-21H2,1-3H3,(H,48,49). The highest BCUT2D eigenvalue weighted by molar-refractivity contribution is 7.10. The summed E-state index contributed by atoms with van der Waals surface area (Å²) in [5, 5.41) is 20.4. The Labute approximate surface area is 330 Å². The number of aromatic amines is 1. The summed E-state index contributed by atoms with van der Waals surface area (Å²) in [4.78, 5) is 34.5. The fourth-order valence-corrected chi connectivity index (χ4v) is 8.75. The molecule has 2 N–H and O–H groups in total. The molecule has 0 aliphatic carbocycles. The van der Waals surface area contributed by atoms with E-state index in [9.17, 15) is 41.0 Å². The van der Waals surface area contributed by atoms with Crippen LogP contribution < -0.4 is 9.47 Å². The van der Waals surface area contributed by atoms with Gasteiger partial charge in [0.25, 0.3) is 11.8 Å². The van der Waals surface area contributed by atoms with Crippen LogP contribution in [0, 0.1) is 13.8 Å². The lowest BCUT2D eigenvalue weighted by Gasteiger charge is -2.51. The number of H-pyrrole nitrogens is 1. The predicted octanol–water partition coefficient (Wildman–Crippen LogP) is 8.26. The van der Waals surface area contributed by atoms with E-state index in [1.54, 1.807) is 31.2 Å². The molecule has 2 aliphatic rings. The summed E-state index contributed by atoms with van der Waals surface area (Å²) in [7, 11) is 0. The maximum atomic E-state index is 15.0. The van der Waals surface area contributed by atoms with Crippen LogP contribution >= 0.6 is 11.3 Å². The number of rotatable bonds is 12. The molecule has 2 fully saturated rings. The molecule has 10 nitrogen and oxygen atoms in total. The second kappa shape index (κ2) is 16.7. The van der Waals surface area contributed by atoms with Crippen LogP contribution in [0.25, 0.3) is 0 Å². The number of hydrogen-bond donors (Lipinski definition) is 2. The quantitative estimate of drug-likeness (QED) is 0.109. The van der Waals surface area contributed by atoms with Crippen molar-refractivity contribution >= 4 is 23.2 Å². The van der Waals surface area contributed by atoms with Gasteiger partial charge in [0.15, 0.2) is 0 Å². The molecule has 2 aliphatic heterocycles. The van der Waals surface area contributed by atoms with E-state index in [-0.39, 0.29) is 57.5 Å². The summed E-state index contributed by atoms with van der Waals surface area (Å²) in [5.41, 5.74) is -1.68. The van der Waals surface area contributed by atoms with Crippen molar-refractivity contribution in [3.63, 3.8) is 0 Å². The Kier molecular flexibility index (Phi) is 12.3. The molecule has 2 unspecified atom stereocenters. The van der Waals surface area contributed by atoms with Gasteiger partial charge in [0.1, 0.15) is 16.4 Å². The molecule has 17 heteroatoms. The number of likely N-dealkylation sites (tertiary alicyclic amines) is 2. The second-order valence-corrected chi connectivity index (χ2v) is 15.6. The maximum Gasteiger partial charge on any atom is 0.425 e. The Balaban J connectivity index is 1.27. The lowest BCUT2D eigenvalue weighted by atomic mass is 9.78. The van der Waals surface area contributed by atoms with Gasteiger partial charge in [-0.15, -0.1) is 11.3 Å². The van der Waals surface area contributed by atoms with E-state index >= 15 is 0 Å². The predicted molar refractivity (Wildman–Crippen MR) is 199 cm³/mol. The van der Waals surface area contributed by atoms with Crippen LogP contribution in [0.4, 0.5) is 26.3 Å². The minimum Gasteiger partial charge on any atom is -0.493 e. The Bertz CT molecular complexity index is 2020. The molecule has 1 aromatic carbocycles. The molecular weight excluding hydrogens is 777 g/mol. The molecule has 3 aromatic heterocycles. The summed E-state index contributed by atoms with van der Waals surface area (Å²) in [5.74, 6) is -1.39. The van der Waals surface area contributed by atoms with Gasteiger partial charge >= 0.3 is 12.4 Å². The average Bonchev–Trinajstić information content (AvgIpc) is 3.79. The number of aromatic nitrogens is 3. The van der Waals surface area contributed by atoms with Crippen LogP contribution in [-0.2, 0) is 29.2 Å². The van der Waals surface area contributed by atoms with Crippen molar-refractivity contribution in [2.45, 2.75) is 102 Å². The van der Waals surface area contributed by atoms with E-state index in [1.165, 1.54) is 9.80 Å². The van der Waals surface area contributed by atoms with Crippen molar-refractivity contribution in [3.05, 3.63) is 92.7 Å². The van der Waals surface area contributed by atoms with Crippen molar-refractivity contribution in [3.8, 4) is 11.5 Å². The van der Waals surface area contributed by atoms with Crippen LogP contribution in [-0.4, -0.2) is 79.8 Å². The lowest BCUT2D eigenvalue weighted by molar-refractivity contribution is -0.163. The Morgan fingerprint density at radius 3 is 2.42 bits per heavy atom. The highest BCUT2D eigenvalue weighted by Crippen LogP contribution is 2.44. The van der Waals surface area contributed by atoms with Gasteiger partial charge in [-0.25, -0.2) is 0 Å². The molecule has 57 heavy (non-hydrogen) atoms. The number of pyridine rings is 1. The molecule has 308 valence electrons. The summed E-state index contributed by atoms with van der Waals surface area (Å²) in [6, 6.07) is 7.45. The van der Waals surface area contributed by atoms with Crippen LogP contribution in [0.2, 0.25) is 0 Å². The van der Waals surface area contributed by atoms with Gasteiger partial charge in [-0.1, -0.05) is 31.5 Å². The number of alkyl halides is 6. The molecular formula is C40H45F6N5O5S. The van der Waals surface area contributed by atoms with E-state index < -0.39 is 57.4 Å². The van der Waals surface area contributed by atoms with E-state index in [2.05, 4.69) is 15.2 Å². The topological polar surface area (TPSA) is 121 Å². The lowest BCUT2D eigenvalue weighted by Crippen LogP contribution is -2.68. The number of benzene rings is 1. The van der Waals surface area contributed by atoms with Gasteiger partial charge in [-0.2, -0.15) is 31.4 Å². The molecule has 2 atom stereocenters. The molecule has 5 heterocycles. The van der Waals surface area contributed by atoms with Gasteiger partial charge in [-0.05, 0) is 70.1 Å². The largest absolute Gasteiger partial charge is 0.493 e. The Hall–Kier alpha value is -4.64. The summed E-state index contributed by atoms with van der Waals surface area (Å²) < 4.78 is 96.0. The minimum absolute atomic E-state index is 0.0128. The number of para-hydroxylation sites is 1. The van der Waals surface area contributed by atoms with Crippen LogP contribution in [0.15, 0.2) is 54.2 Å². The monoisotopic (exact) mass is 821 g/mol. The van der Waals surface area contributed by atoms with Gasteiger partial charge in [-0.3, -0.25) is 19.7 Å². The first-order valence-electron chi connectivity index (χ1n) is 18.9. The van der Waals surface area contributed by atoms with Gasteiger partial charge in [0.05, 0.1) is 35.1 Å². The highest BCUT2D eigenvalue weighted by atomic mass is 32.1. The van der Waals surface area contributed by atoms with Crippen LogP contribution in [0.3, 0.4) is 0 Å². The third kappa shape index (κ3) is 8.78. The third-order valence-corrected chi connectivity index (χ3v) is 11.9. The number of nitrogens with zero attached hydrogens (tertiary/aromatic N) is 4. The van der Waals surface area contributed by atoms with Gasteiger partial charge in [0, 0.05) is 61.2 Å². The van der Waals surface area contributed by atoms with E-state index in [0.717, 1.165) is 47.2 Å².